The first-order chi connectivity index (χ1) is 39.0. The molecule has 0 fully saturated rings. The fourth-order valence-corrected chi connectivity index (χ4v) is 13.0. The Morgan fingerprint density at radius 1 is 0.468 bits per heavy atom. The molecule has 14 rings (SSSR count). The van der Waals surface area contributed by atoms with Gasteiger partial charge in [-0.05, 0) is 170 Å². The van der Waals surface area contributed by atoms with Crippen LogP contribution in [0, 0.1) is 0 Å². The number of rotatable bonds is 12. The molecule has 79 heavy (non-hydrogen) atoms. The summed E-state index contributed by atoms with van der Waals surface area (Å²) in [5.41, 5.74) is 23.8. The zero-order valence-electron chi connectivity index (χ0n) is 44.4. The molecule has 0 saturated carbocycles. The second-order valence-electron chi connectivity index (χ2n) is 21.1. The summed E-state index contributed by atoms with van der Waals surface area (Å²) in [6, 6.07) is 92.6. The van der Waals surface area contributed by atoms with Crippen molar-refractivity contribution in [3.8, 4) is 39.1 Å². The summed E-state index contributed by atoms with van der Waals surface area (Å²) >= 11 is 0. The Bertz CT molecular complexity index is 4470. The van der Waals surface area contributed by atoms with E-state index in [0.717, 1.165) is 40.3 Å². The fourth-order valence-electron chi connectivity index (χ4n) is 13.0. The first-order valence-corrected chi connectivity index (χ1v) is 27.7. The van der Waals surface area contributed by atoms with Gasteiger partial charge >= 0.3 is 0 Å². The number of benzene rings is 11. The fraction of sp³-hybridized carbons (Fsp3) is 0.0649. The van der Waals surface area contributed by atoms with Gasteiger partial charge in [0.25, 0.3) is 0 Å². The highest BCUT2D eigenvalue weighted by atomic mass is 15.1. The molecule has 2 aliphatic carbocycles. The summed E-state index contributed by atoms with van der Waals surface area (Å²) in [6.45, 7) is 10.3. The van der Waals surface area contributed by atoms with Gasteiger partial charge in [0, 0.05) is 38.4 Å². The van der Waals surface area contributed by atoms with Crippen molar-refractivity contribution >= 4 is 63.0 Å². The molecule has 2 heteroatoms. The van der Waals surface area contributed by atoms with Crippen LogP contribution < -0.4 is 15.5 Å². The summed E-state index contributed by atoms with van der Waals surface area (Å²) in [5.74, 6) is 0. The minimum absolute atomic E-state index is 0.586. The molecule has 12 aromatic rings. The minimum Gasteiger partial charge on any atom is -0.310 e. The van der Waals surface area contributed by atoms with Gasteiger partial charge < -0.3 is 9.47 Å². The van der Waals surface area contributed by atoms with Crippen LogP contribution in [0.2, 0.25) is 0 Å². The molecule has 1 aromatic heterocycles. The van der Waals surface area contributed by atoms with Crippen molar-refractivity contribution in [2.45, 2.75) is 31.6 Å². The van der Waals surface area contributed by atoms with E-state index >= 15 is 0 Å². The lowest BCUT2D eigenvalue weighted by atomic mass is 9.67. The van der Waals surface area contributed by atoms with Crippen molar-refractivity contribution in [1.29, 1.82) is 0 Å². The summed E-state index contributed by atoms with van der Waals surface area (Å²) in [5, 5.41) is 6.03. The molecular formula is C77H58N2. The standard InChI is InChI=1S/C77H58N2/c1-4-52-26-37-61(38-27-52)77(60-19-11-8-12-20-60)72-24-16-15-22-67(72)68-45-43-64(51-73(68)77)78(62-41-34-56(35-42-62)55-17-9-7-10-18-55)75-48-46-65(66-21-13-14-23-69(66)75)59-36-47-76-71(50-59)70(44-30-54-25-31-57-32-33-58(57)49-54)74(6-3)79(76)63-39-28-53(5-2)29-40-63/h4-29,31,34-51H,1-2,30,32-33H2,3H3/b70-44-,74-6+. The maximum Gasteiger partial charge on any atom is 0.0714 e. The van der Waals surface area contributed by atoms with Crippen LogP contribution >= 0.6 is 0 Å². The lowest BCUT2D eigenvalue weighted by molar-refractivity contribution is 0.768. The van der Waals surface area contributed by atoms with Gasteiger partial charge in [0.05, 0.1) is 16.6 Å². The number of hydrogen-bond donors (Lipinski definition) is 0. The zero-order chi connectivity index (χ0) is 53.0. The summed E-state index contributed by atoms with van der Waals surface area (Å²) in [7, 11) is 0. The highest BCUT2D eigenvalue weighted by molar-refractivity contribution is 6.07. The summed E-state index contributed by atoms with van der Waals surface area (Å²) < 4.78 is 2.43. The van der Waals surface area contributed by atoms with Crippen molar-refractivity contribution < 1.29 is 0 Å². The van der Waals surface area contributed by atoms with Crippen LogP contribution in [0.3, 0.4) is 0 Å². The van der Waals surface area contributed by atoms with Gasteiger partial charge in [-0.1, -0.05) is 232 Å². The van der Waals surface area contributed by atoms with Crippen molar-refractivity contribution in [3.63, 3.8) is 0 Å². The van der Waals surface area contributed by atoms with E-state index in [1.165, 1.54) is 117 Å². The highest BCUT2D eigenvalue weighted by Gasteiger charge is 2.46. The molecule has 1 heterocycles. The molecule has 1 atom stereocenters. The van der Waals surface area contributed by atoms with Crippen LogP contribution in [0.1, 0.15) is 57.0 Å². The van der Waals surface area contributed by atoms with Gasteiger partial charge in [-0.3, -0.25) is 0 Å². The quantitative estimate of drug-likeness (QED) is 0.118. The smallest absolute Gasteiger partial charge is 0.0714 e. The molecule has 0 spiro atoms. The van der Waals surface area contributed by atoms with E-state index in [0.29, 0.717) is 0 Å². The normalized spacial score (nSPS) is 14.6. The van der Waals surface area contributed by atoms with E-state index < -0.39 is 5.41 Å². The Balaban J connectivity index is 0.968. The van der Waals surface area contributed by atoms with Gasteiger partial charge in [-0.15, -0.1) is 0 Å². The third-order valence-corrected chi connectivity index (χ3v) is 16.9. The molecule has 0 saturated heterocycles. The maximum absolute atomic E-state index is 4.11. The summed E-state index contributed by atoms with van der Waals surface area (Å²) in [6.07, 6.45) is 11.8. The number of aromatic nitrogens is 1. The van der Waals surface area contributed by atoms with Gasteiger partial charge in [-0.2, -0.15) is 0 Å². The Hall–Kier alpha value is -9.76. The molecule has 1 unspecified atom stereocenters. The first-order valence-electron chi connectivity index (χ1n) is 27.7. The molecule has 2 nitrogen and oxygen atoms in total. The minimum atomic E-state index is -0.586. The van der Waals surface area contributed by atoms with Crippen LogP contribution in [0.4, 0.5) is 17.1 Å². The van der Waals surface area contributed by atoms with Crippen LogP contribution in [-0.2, 0) is 24.7 Å². The number of hydrogen-bond acceptors (Lipinski definition) is 1. The molecule has 2 aliphatic rings. The number of fused-ring (bicyclic) bond motifs is 6. The number of anilines is 3. The Morgan fingerprint density at radius 2 is 1.09 bits per heavy atom. The van der Waals surface area contributed by atoms with Crippen molar-refractivity contribution in [2.24, 2.45) is 0 Å². The zero-order valence-corrected chi connectivity index (χ0v) is 44.4. The van der Waals surface area contributed by atoms with Gasteiger partial charge in [0.1, 0.15) is 0 Å². The molecule has 0 bridgehead atoms. The van der Waals surface area contributed by atoms with Crippen LogP contribution in [0.5, 0.6) is 0 Å². The van der Waals surface area contributed by atoms with E-state index in [-0.39, 0.29) is 0 Å². The largest absolute Gasteiger partial charge is 0.310 e. The predicted molar refractivity (Wildman–Crippen MR) is 335 cm³/mol. The number of aryl methyl sites for hydroxylation is 2. The van der Waals surface area contributed by atoms with E-state index in [2.05, 4.69) is 290 Å². The van der Waals surface area contributed by atoms with E-state index in [9.17, 15) is 0 Å². The average Bonchev–Trinajstić information content (AvgIpc) is 3.25. The van der Waals surface area contributed by atoms with E-state index in [4.69, 9.17) is 0 Å². The third-order valence-electron chi connectivity index (χ3n) is 16.9. The third kappa shape index (κ3) is 7.94. The molecule has 0 amide bonds. The second kappa shape index (κ2) is 19.7. The van der Waals surface area contributed by atoms with Crippen LogP contribution in [0.15, 0.2) is 262 Å². The first kappa shape index (κ1) is 47.7. The highest BCUT2D eigenvalue weighted by Crippen LogP contribution is 2.57. The Morgan fingerprint density at radius 3 is 1.81 bits per heavy atom. The maximum atomic E-state index is 4.11. The van der Waals surface area contributed by atoms with Gasteiger partial charge in [-0.25, -0.2) is 0 Å². The van der Waals surface area contributed by atoms with Crippen molar-refractivity contribution in [1.82, 2.24) is 4.57 Å². The lowest BCUT2D eigenvalue weighted by Gasteiger charge is -2.35. The van der Waals surface area contributed by atoms with Crippen LogP contribution in [-0.4, -0.2) is 4.57 Å². The molecule has 0 radical (unpaired) electrons. The predicted octanol–water partition coefficient (Wildman–Crippen LogP) is 18.2. The molecule has 376 valence electrons. The van der Waals surface area contributed by atoms with Crippen molar-refractivity contribution in [2.75, 3.05) is 4.90 Å². The molecule has 0 N–H and O–H groups in total. The SMILES string of the molecule is C=Cc1ccc(-n2c(=C/C)/c(=C\Cc3ccc4c(c3)CC4)c3cc(-c4ccc(N(c5ccc(-c6ccccc6)cc5)c5ccc6c(c5)C(c5ccccc5)(c5ccc(C=C)cc5)c5ccccc5-6)c5ccccc45)ccc32)cc1. The van der Waals surface area contributed by atoms with Crippen molar-refractivity contribution in [3.05, 3.63) is 323 Å². The number of nitrogens with zero attached hydrogens (tertiary/aromatic N) is 2. The average molecular weight is 1010 g/mol. The van der Waals surface area contributed by atoms with E-state index in [1.54, 1.807) is 0 Å². The monoisotopic (exact) mass is 1010 g/mol. The molecule has 11 aromatic carbocycles. The summed E-state index contributed by atoms with van der Waals surface area (Å²) in [4.78, 5) is 2.48. The Labute approximate surface area is 463 Å². The molecular weight excluding hydrogens is 953 g/mol. The van der Waals surface area contributed by atoms with Gasteiger partial charge in [0.2, 0.25) is 0 Å². The lowest BCUT2D eigenvalue weighted by Crippen LogP contribution is -2.28. The molecule has 0 aliphatic heterocycles. The van der Waals surface area contributed by atoms with Gasteiger partial charge in [0.15, 0.2) is 0 Å². The van der Waals surface area contributed by atoms with Crippen LogP contribution in [0.25, 0.3) is 85.0 Å². The topological polar surface area (TPSA) is 8.17 Å². The Kier molecular flexibility index (Phi) is 11.9. The second-order valence-corrected chi connectivity index (χ2v) is 21.1. The van der Waals surface area contributed by atoms with E-state index in [1.807, 2.05) is 12.2 Å².